The van der Waals surface area contributed by atoms with E-state index in [2.05, 4.69) is 4.99 Å². The third kappa shape index (κ3) is 0.776. The Kier molecular flexibility index (Phi) is 1.15. The molecule has 0 aromatic carbocycles. The van der Waals surface area contributed by atoms with E-state index in [-0.39, 0.29) is 5.96 Å². The van der Waals surface area contributed by atoms with Crippen LogP contribution in [-0.2, 0) is 0 Å². The lowest BCUT2D eigenvalue weighted by molar-refractivity contribution is 0.665. The molecule has 3 N–H and O–H groups in total. The van der Waals surface area contributed by atoms with Gasteiger partial charge >= 0.3 is 0 Å². The van der Waals surface area contributed by atoms with Gasteiger partial charge in [-0.25, -0.2) is 0 Å². The number of hydrogen-bond acceptors (Lipinski definition) is 2. The van der Waals surface area contributed by atoms with E-state index < -0.39 is 0 Å². The highest BCUT2D eigenvalue weighted by molar-refractivity contribution is 5.87. The van der Waals surface area contributed by atoms with E-state index in [9.17, 15) is 0 Å². The molecule has 1 rings (SSSR count). The van der Waals surface area contributed by atoms with Crippen molar-refractivity contribution in [2.24, 2.45) is 10.7 Å². The lowest BCUT2D eigenvalue weighted by Gasteiger charge is -2.08. The van der Waals surface area contributed by atoms with Gasteiger partial charge in [-0.3, -0.25) is 10.4 Å². The molecular weight excluding hydrogens is 104 g/mol. The Morgan fingerprint density at radius 2 is 2.62 bits per heavy atom. The van der Waals surface area contributed by atoms with E-state index in [0.29, 0.717) is 0 Å². The molecular formula is C4H8N4. The highest BCUT2D eigenvalue weighted by Gasteiger charge is 2.05. The quantitative estimate of drug-likeness (QED) is 0.319. The van der Waals surface area contributed by atoms with Crippen LogP contribution in [-0.4, -0.2) is 30.3 Å². The normalized spacial score (nSPS) is 17.2. The van der Waals surface area contributed by atoms with Gasteiger partial charge in [-0.05, 0) is 0 Å². The van der Waals surface area contributed by atoms with Crippen molar-refractivity contribution in [3.05, 3.63) is 0 Å². The van der Waals surface area contributed by atoms with Gasteiger partial charge < -0.3 is 10.6 Å². The first-order chi connectivity index (χ1) is 3.80. The molecule has 0 radical (unpaired) electrons. The maximum Gasteiger partial charge on any atom is 0.193 e. The zero-order chi connectivity index (χ0) is 5.98. The molecule has 0 unspecified atom stereocenters. The van der Waals surface area contributed by atoms with Gasteiger partial charge in [-0.15, -0.1) is 0 Å². The maximum atomic E-state index is 6.90. The van der Waals surface area contributed by atoms with Crippen molar-refractivity contribution in [2.75, 3.05) is 13.1 Å². The first-order valence-electron chi connectivity index (χ1n) is 2.41. The fourth-order valence-electron chi connectivity index (χ4n) is 0.562. The topological polar surface area (TPSA) is 65.5 Å². The molecule has 44 valence electrons. The number of guanidine groups is 1. The van der Waals surface area contributed by atoms with Crippen LogP contribution in [0.5, 0.6) is 0 Å². The number of rotatable bonds is 0. The fourth-order valence-corrected chi connectivity index (χ4v) is 0.562. The molecule has 4 heteroatoms. The van der Waals surface area contributed by atoms with Crippen molar-refractivity contribution < 1.29 is 0 Å². The van der Waals surface area contributed by atoms with Crippen molar-refractivity contribution in [3.8, 4) is 0 Å². The summed E-state index contributed by atoms with van der Waals surface area (Å²) < 4.78 is 0. The van der Waals surface area contributed by atoms with E-state index in [1.807, 2.05) is 0 Å². The summed E-state index contributed by atoms with van der Waals surface area (Å²) in [5.74, 6) is 0.0752. The first kappa shape index (κ1) is 5.08. The third-order valence-corrected chi connectivity index (χ3v) is 1.00. The van der Waals surface area contributed by atoms with Crippen LogP contribution >= 0.6 is 0 Å². The molecule has 0 atom stereocenters. The van der Waals surface area contributed by atoms with Crippen LogP contribution in [0.2, 0.25) is 0 Å². The zero-order valence-electron chi connectivity index (χ0n) is 4.46. The molecule has 0 spiro atoms. The predicted octanol–water partition coefficient (Wildman–Crippen LogP) is -0.776. The summed E-state index contributed by atoms with van der Waals surface area (Å²) in [4.78, 5) is 5.46. The maximum absolute atomic E-state index is 6.90. The minimum atomic E-state index is 0.0752. The molecule has 0 aromatic heterocycles. The lowest BCUT2D eigenvalue weighted by Crippen LogP contribution is -2.33. The van der Waals surface area contributed by atoms with E-state index in [1.165, 1.54) is 0 Å². The Bertz CT molecular complexity index is 128. The van der Waals surface area contributed by atoms with Crippen molar-refractivity contribution in [1.82, 2.24) is 4.90 Å². The summed E-state index contributed by atoms with van der Waals surface area (Å²) in [6.45, 7) is 1.52. The van der Waals surface area contributed by atoms with Crippen LogP contribution in [0.15, 0.2) is 4.99 Å². The van der Waals surface area contributed by atoms with Crippen LogP contribution in [0.25, 0.3) is 0 Å². The van der Waals surface area contributed by atoms with Crippen LogP contribution in [0.3, 0.4) is 0 Å². The summed E-state index contributed by atoms with van der Waals surface area (Å²) in [7, 11) is 0. The number of aliphatic imine (C=N–C) groups is 1. The fraction of sp³-hybridized carbons (Fsp3) is 0.500. The summed E-state index contributed by atoms with van der Waals surface area (Å²) in [5, 5.41) is 6.90. The molecule has 0 bridgehead atoms. The van der Waals surface area contributed by atoms with Gasteiger partial charge in [0.15, 0.2) is 5.96 Å². The minimum Gasteiger partial charge on any atom is -0.370 e. The zero-order valence-corrected chi connectivity index (χ0v) is 4.46. The largest absolute Gasteiger partial charge is 0.370 e. The number of nitrogens with zero attached hydrogens (tertiary/aromatic N) is 2. The molecule has 0 fully saturated rings. The molecule has 1 aliphatic rings. The Morgan fingerprint density at radius 3 is 2.88 bits per heavy atom. The van der Waals surface area contributed by atoms with Gasteiger partial charge in [0.1, 0.15) is 0 Å². The minimum absolute atomic E-state index is 0.0752. The summed E-state index contributed by atoms with van der Waals surface area (Å²) in [6, 6.07) is 0. The summed E-state index contributed by atoms with van der Waals surface area (Å²) in [5.41, 5.74) is 5.12. The molecule has 1 aliphatic heterocycles. The standard InChI is InChI=1S/C4H8N4/c5-4(6)8-2-1-7-3-8/h3H,1-2H2,(H3,5,6). The third-order valence-electron chi connectivity index (χ3n) is 1.00. The highest BCUT2D eigenvalue weighted by atomic mass is 15.3. The van der Waals surface area contributed by atoms with Crippen molar-refractivity contribution in [3.63, 3.8) is 0 Å². The van der Waals surface area contributed by atoms with Gasteiger partial charge in [-0.1, -0.05) is 0 Å². The van der Waals surface area contributed by atoms with Crippen LogP contribution in [0.1, 0.15) is 0 Å². The molecule has 0 aliphatic carbocycles. The Hall–Kier alpha value is -1.06. The molecule has 0 amide bonds. The Labute approximate surface area is 47.5 Å². The predicted molar refractivity (Wildman–Crippen MR) is 32.0 cm³/mol. The van der Waals surface area contributed by atoms with Crippen molar-refractivity contribution in [1.29, 1.82) is 5.41 Å². The molecule has 0 saturated heterocycles. The lowest BCUT2D eigenvalue weighted by atomic mass is 10.6. The molecule has 8 heavy (non-hydrogen) atoms. The summed E-state index contributed by atoms with van der Waals surface area (Å²) >= 11 is 0. The smallest absolute Gasteiger partial charge is 0.193 e. The highest BCUT2D eigenvalue weighted by Crippen LogP contribution is 1.89. The monoisotopic (exact) mass is 112 g/mol. The molecule has 4 nitrogen and oxygen atoms in total. The van der Waals surface area contributed by atoms with Crippen molar-refractivity contribution >= 4 is 12.3 Å². The second kappa shape index (κ2) is 1.81. The number of nitrogens with two attached hydrogens (primary N) is 1. The first-order valence-corrected chi connectivity index (χ1v) is 2.41. The van der Waals surface area contributed by atoms with Gasteiger partial charge in [0.2, 0.25) is 0 Å². The van der Waals surface area contributed by atoms with Crippen LogP contribution < -0.4 is 5.73 Å². The van der Waals surface area contributed by atoms with E-state index in [0.717, 1.165) is 13.1 Å². The second-order valence-electron chi connectivity index (χ2n) is 1.60. The Balaban J connectivity index is 2.48. The van der Waals surface area contributed by atoms with Gasteiger partial charge in [0, 0.05) is 6.54 Å². The van der Waals surface area contributed by atoms with E-state index in [1.54, 1.807) is 11.2 Å². The average molecular weight is 112 g/mol. The second-order valence-corrected chi connectivity index (χ2v) is 1.60. The van der Waals surface area contributed by atoms with E-state index in [4.69, 9.17) is 11.1 Å². The van der Waals surface area contributed by atoms with Gasteiger partial charge in [-0.2, -0.15) is 0 Å². The average Bonchev–Trinajstić information content (AvgIpc) is 2.12. The number of nitrogens with one attached hydrogen (secondary N) is 1. The van der Waals surface area contributed by atoms with Gasteiger partial charge in [0.25, 0.3) is 0 Å². The molecule has 0 aromatic rings. The summed E-state index contributed by atoms with van der Waals surface area (Å²) in [6.07, 6.45) is 1.59. The number of hydrogen-bond donors (Lipinski definition) is 2. The van der Waals surface area contributed by atoms with E-state index >= 15 is 0 Å². The van der Waals surface area contributed by atoms with Crippen LogP contribution in [0, 0.1) is 5.41 Å². The molecule has 0 saturated carbocycles. The SMILES string of the molecule is N=C(N)N1C=NCC1. The van der Waals surface area contributed by atoms with Gasteiger partial charge in [0.05, 0.1) is 12.9 Å². The Morgan fingerprint density at radius 1 is 1.88 bits per heavy atom. The molecule has 1 heterocycles. The van der Waals surface area contributed by atoms with Crippen LogP contribution in [0.4, 0.5) is 0 Å². The van der Waals surface area contributed by atoms with Crippen molar-refractivity contribution in [2.45, 2.75) is 0 Å².